The van der Waals surface area contributed by atoms with Gasteiger partial charge in [-0.1, -0.05) is 6.92 Å². The third-order valence-electron chi connectivity index (χ3n) is 5.86. The van der Waals surface area contributed by atoms with Crippen LogP contribution in [0.1, 0.15) is 48.5 Å². The second-order valence-electron chi connectivity index (χ2n) is 7.78. The summed E-state index contributed by atoms with van der Waals surface area (Å²) in [6.45, 7) is 1.90. The van der Waals surface area contributed by atoms with E-state index in [1.165, 1.54) is 6.20 Å². The Morgan fingerprint density at radius 1 is 1.26 bits per heavy atom. The van der Waals surface area contributed by atoms with Crippen LogP contribution in [0.5, 0.6) is 0 Å². The van der Waals surface area contributed by atoms with Crippen molar-refractivity contribution in [2.75, 3.05) is 12.4 Å². The van der Waals surface area contributed by atoms with E-state index in [1.54, 1.807) is 23.8 Å². The van der Waals surface area contributed by atoms with E-state index in [0.29, 0.717) is 34.7 Å². The van der Waals surface area contributed by atoms with E-state index in [2.05, 4.69) is 26.8 Å². The summed E-state index contributed by atoms with van der Waals surface area (Å²) in [5.41, 5.74) is 3.83. The van der Waals surface area contributed by atoms with Crippen molar-refractivity contribution in [1.82, 2.24) is 19.9 Å². The zero-order valence-electron chi connectivity index (χ0n) is 17.6. The SMILES string of the molecule is CCC(=O)[C@H]1CC[C@H](Nc2cc(-c3ccc4cc(C#N)cnn34)ncc2C(=O)NC)C1. The number of Topliss-reactive ketones (excluding diaryl/α,β-unsaturated/α-hetero) is 1. The van der Waals surface area contributed by atoms with Gasteiger partial charge in [0, 0.05) is 31.6 Å². The molecule has 3 aromatic rings. The molecule has 0 bridgehead atoms. The summed E-state index contributed by atoms with van der Waals surface area (Å²) >= 11 is 0. The molecule has 8 nitrogen and oxygen atoms in total. The minimum absolute atomic E-state index is 0.0837. The molecule has 1 saturated carbocycles. The summed E-state index contributed by atoms with van der Waals surface area (Å²) in [7, 11) is 1.59. The number of nitriles is 1. The van der Waals surface area contributed by atoms with Crippen LogP contribution >= 0.6 is 0 Å². The van der Waals surface area contributed by atoms with Gasteiger partial charge in [-0.05, 0) is 43.5 Å². The van der Waals surface area contributed by atoms with Gasteiger partial charge in [-0.3, -0.25) is 14.6 Å². The van der Waals surface area contributed by atoms with Crippen molar-refractivity contribution in [3.05, 3.63) is 47.8 Å². The van der Waals surface area contributed by atoms with E-state index >= 15 is 0 Å². The largest absolute Gasteiger partial charge is 0.382 e. The summed E-state index contributed by atoms with van der Waals surface area (Å²) in [4.78, 5) is 29.0. The third-order valence-corrected chi connectivity index (χ3v) is 5.86. The predicted octanol–water partition coefficient (Wildman–Crippen LogP) is 3.19. The molecule has 31 heavy (non-hydrogen) atoms. The zero-order valence-corrected chi connectivity index (χ0v) is 17.6. The van der Waals surface area contributed by atoms with Crippen LogP contribution in [0.4, 0.5) is 5.69 Å². The lowest BCUT2D eigenvalue weighted by Crippen LogP contribution is -2.23. The normalized spacial score (nSPS) is 18.0. The van der Waals surface area contributed by atoms with Gasteiger partial charge in [-0.15, -0.1) is 0 Å². The van der Waals surface area contributed by atoms with Crippen molar-refractivity contribution in [3.8, 4) is 17.5 Å². The molecular weight excluding hydrogens is 392 g/mol. The van der Waals surface area contributed by atoms with Crippen molar-refractivity contribution >= 4 is 22.9 Å². The standard InChI is InChI=1S/C23H24N6O2/c1-3-22(30)15-4-5-16(9-15)28-19-10-20(26-13-18(19)23(31)25-2)21-7-6-17-8-14(11-24)12-27-29(17)21/h6-8,10,12-13,15-16H,3-5,9H2,1-2H3,(H,25,31)(H,26,28)/t15-,16-/m0/s1. The Bertz CT molecular complexity index is 1190. The number of nitrogens with zero attached hydrogens (tertiary/aromatic N) is 4. The molecule has 2 atom stereocenters. The number of hydrogen-bond donors (Lipinski definition) is 2. The average molecular weight is 416 g/mol. The number of rotatable bonds is 6. The zero-order chi connectivity index (χ0) is 22.0. The molecule has 8 heteroatoms. The average Bonchev–Trinajstić information content (AvgIpc) is 3.44. The highest BCUT2D eigenvalue weighted by atomic mass is 16.1. The molecule has 1 fully saturated rings. The van der Waals surface area contributed by atoms with E-state index in [-0.39, 0.29) is 17.9 Å². The molecule has 4 rings (SSSR count). The lowest BCUT2D eigenvalue weighted by Gasteiger charge is -2.18. The Balaban J connectivity index is 1.68. The molecule has 1 amide bonds. The Kier molecular flexibility index (Phi) is 5.67. The second-order valence-corrected chi connectivity index (χ2v) is 7.78. The first kappa shape index (κ1) is 20.5. The number of amides is 1. The summed E-state index contributed by atoms with van der Waals surface area (Å²) in [6.07, 6.45) is 6.15. The van der Waals surface area contributed by atoms with Crippen LogP contribution in [0.25, 0.3) is 16.9 Å². The topological polar surface area (TPSA) is 112 Å². The predicted molar refractivity (Wildman–Crippen MR) is 117 cm³/mol. The second kappa shape index (κ2) is 8.56. The van der Waals surface area contributed by atoms with Gasteiger partial charge in [0.1, 0.15) is 11.9 Å². The Labute approximate surface area is 180 Å². The van der Waals surface area contributed by atoms with Gasteiger partial charge in [0.2, 0.25) is 0 Å². The number of hydrogen-bond acceptors (Lipinski definition) is 6. The first-order valence-corrected chi connectivity index (χ1v) is 10.4. The number of carbonyl (C=O) groups excluding carboxylic acids is 2. The number of fused-ring (bicyclic) bond motifs is 1. The highest BCUT2D eigenvalue weighted by molar-refractivity contribution is 5.99. The number of aromatic nitrogens is 3. The van der Waals surface area contributed by atoms with Crippen LogP contribution in [0.3, 0.4) is 0 Å². The Morgan fingerprint density at radius 2 is 2.10 bits per heavy atom. The van der Waals surface area contributed by atoms with Crippen molar-refractivity contribution < 1.29 is 9.59 Å². The van der Waals surface area contributed by atoms with Gasteiger partial charge < -0.3 is 10.6 Å². The number of carbonyl (C=O) groups is 2. The van der Waals surface area contributed by atoms with Crippen LogP contribution in [0, 0.1) is 17.2 Å². The highest BCUT2D eigenvalue weighted by Gasteiger charge is 2.29. The Morgan fingerprint density at radius 3 is 2.84 bits per heavy atom. The lowest BCUT2D eigenvalue weighted by atomic mass is 10.0. The molecule has 0 spiro atoms. The van der Waals surface area contributed by atoms with Crippen molar-refractivity contribution in [2.45, 2.75) is 38.6 Å². The van der Waals surface area contributed by atoms with Crippen molar-refractivity contribution in [3.63, 3.8) is 0 Å². The van der Waals surface area contributed by atoms with Crippen LogP contribution < -0.4 is 10.6 Å². The van der Waals surface area contributed by atoms with Crippen LogP contribution in [0.2, 0.25) is 0 Å². The fraction of sp³-hybridized carbons (Fsp3) is 0.348. The molecule has 0 aromatic carbocycles. The number of pyridine rings is 1. The lowest BCUT2D eigenvalue weighted by molar-refractivity contribution is -0.122. The summed E-state index contributed by atoms with van der Waals surface area (Å²) in [5, 5.41) is 19.6. The number of ketones is 1. The van der Waals surface area contributed by atoms with E-state index in [1.807, 2.05) is 25.1 Å². The minimum atomic E-state index is -0.225. The van der Waals surface area contributed by atoms with Gasteiger partial charge in [0.05, 0.1) is 39.9 Å². The summed E-state index contributed by atoms with van der Waals surface area (Å²) in [6, 6.07) is 9.59. The van der Waals surface area contributed by atoms with Gasteiger partial charge in [0.25, 0.3) is 5.91 Å². The van der Waals surface area contributed by atoms with E-state index in [4.69, 9.17) is 5.26 Å². The third kappa shape index (κ3) is 3.99. The maximum absolute atomic E-state index is 12.4. The maximum atomic E-state index is 12.4. The molecule has 0 saturated heterocycles. The van der Waals surface area contributed by atoms with Crippen molar-refractivity contribution in [2.24, 2.45) is 5.92 Å². The Hall–Kier alpha value is -3.73. The van der Waals surface area contributed by atoms with Crippen molar-refractivity contribution in [1.29, 1.82) is 5.26 Å². The highest BCUT2D eigenvalue weighted by Crippen LogP contribution is 2.32. The first-order valence-electron chi connectivity index (χ1n) is 10.4. The molecule has 0 unspecified atom stereocenters. The number of nitrogens with one attached hydrogen (secondary N) is 2. The van der Waals surface area contributed by atoms with Gasteiger partial charge in [-0.25, -0.2) is 4.52 Å². The van der Waals surface area contributed by atoms with Gasteiger partial charge in [-0.2, -0.15) is 10.4 Å². The molecule has 0 radical (unpaired) electrons. The molecule has 3 heterocycles. The monoisotopic (exact) mass is 416 g/mol. The smallest absolute Gasteiger partial charge is 0.254 e. The van der Waals surface area contributed by atoms with E-state index in [9.17, 15) is 9.59 Å². The first-order chi connectivity index (χ1) is 15.0. The molecule has 2 N–H and O–H groups in total. The van der Waals surface area contributed by atoms with Crippen LogP contribution in [-0.4, -0.2) is 39.4 Å². The summed E-state index contributed by atoms with van der Waals surface area (Å²) in [5.74, 6) is 0.159. The van der Waals surface area contributed by atoms with Gasteiger partial charge >= 0.3 is 0 Å². The molecule has 0 aliphatic heterocycles. The van der Waals surface area contributed by atoms with Crippen LogP contribution in [0.15, 0.2) is 36.7 Å². The van der Waals surface area contributed by atoms with E-state index in [0.717, 1.165) is 30.5 Å². The summed E-state index contributed by atoms with van der Waals surface area (Å²) < 4.78 is 1.72. The maximum Gasteiger partial charge on any atom is 0.254 e. The molecular formula is C23H24N6O2. The molecule has 1 aliphatic carbocycles. The molecule has 1 aliphatic rings. The van der Waals surface area contributed by atoms with Gasteiger partial charge in [0.15, 0.2) is 0 Å². The minimum Gasteiger partial charge on any atom is -0.382 e. The van der Waals surface area contributed by atoms with E-state index < -0.39 is 0 Å². The fourth-order valence-electron chi connectivity index (χ4n) is 4.20. The molecule has 158 valence electrons. The fourth-order valence-corrected chi connectivity index (χ4v) is 4.20. The quantitative estimate of drug-likeness (QED) is 0.638. The number of anilines is 1. The molecule has 3 aromatic heterocycles. The van der Waals surface area contributed by atoms with Crippen LogP contribution in [-0.2, 0) is 4.79 Å².